The molecule has 1 aromatic rings. The highest BCUT2D eigenvalue weighted by molar-refractivity contribution is 5.77. The number of likely N-dealkylation sites (tertiary alicyclic amines) is 1. The fourth-order valence-corrected chi connectivity index (χ4v) is 3.51. The molecule has 1 aromatic carbocycles. The second kappa shape index (κ2) is 13.8. The van der Waals surface area contributed by atoms with Crippen molar-refractivity contribution in [2.75, 3.05) is 40.1 Å². The highest BCUT2D eigenvalue weighted by Crippen LogP contribution is 2.24. The minimum Gasteiger partial charge on any atom is -0.469 e. The zero-order valence-electron chi connectivity index (χ0n) is 18.4. The molecule has 0 spiro atoms. The van der Waals surface area contributed by atoms with Crippen LogP contribution in [0.1, 0.15) is 38.2 Å². The van der Waals surface area contributed by atoms with Crippen LogP contribution in [0.4, 0.5) is 0 Å². The molecule has 1 aliphatic heterocycles. The highest BCUT2D eigenvalue weighted by atomic mass is 16.5. The van der Waals surface area contributed by atoms with E-state index in [9.17, 15) is 14.4 Å². The van der Waals surface area contributed by atoms with E-state index in [0.29, 0.717) is 45.6 Å². The minimum absolute atomic E-state index is 0.00956. The van der Waals surface area contributed by atoms with Gasteiger partial charge >= 0.3 is 11.9 Å². The molecule has 0 bridgehead atoms. The average molecular weight is 436 g/mol. The third kappa shape index (κ3) is 9.06. The number of benzene rings is 1. The first kappa shape index (κ1) is 24.8. The number of hydrogen-bond donors (Lipinski definition) is 0. The van der Waals surface area contributed by atoms with E-state index in [1.54, 1.807) is 4.90 Å². The number of esters is 2. The molecule has 8 heteroatoms. The van der Waals surface area contributed by atoms with Gasteiger partial charge in [-0.05, 0) is 25.3 Å². The van der Waals surface area contributed by atoms with E-state index in [1.165, 1.54) is 7.11 Å². The summed E-state index contributed by atoms with van der Waals surface area (Å²) < 4.78 is 20.8. The molecule has 2 atom stereocenters. The van der Waals surface area contributed by atoms with Gasteiger partial charge in [-0.3, -0.25) is 14.4 Å². The van der Waals surface area contributed by atoms with Crippen molar-refractivity contribution in [3.8, 4) is 0 Å². The molecule has 1 heterocycles. The summed E-state index contributed by atoms with van der Waals surface area (Å²) >= 11 is 0. The van der Waals surface area contributed by atoms with Crippen LogP contribution in [0.5, 0.6) is 0 Å². The van der Waals surface area contributed by atoms with Gasteiger partial charge in [-0.2, -0.15) is 0 Å². The molecule has 0 saturated carbocycles. The van der Waals surface area contributed by atoms with Gasteiger partial charge in [0, 0.05) is 12.6 Å². The van der Waals surface area contributed by atoms with E-state index in [-0.39, 0.29) is 49.4 Å². The Morgan fingerprint density at radius 3 is 2.32 bits per heavy atom. The minimum atomic E-state index is -0.305. The van der Waals surface area contributed by atoms with Gasteiger partial charge in [-0.15, -0.1) is 0 Å². The maximum absolute atomic E-state index is 12.4. The third-order valence-electron chi connectivity index (χ3n) is 5.26. The molecule has 8 nitrogen and oxygen atoms in total. The Hall–Kier alpha value is -2.45. The monoisotopic (exact) mass is 435 g/mol. The van der Waals surface area contributed by atoms with Crippen LogP contribution in [-0.2, 0) is 39.9 Å². The highest BCUT2D eigenvalue weighted by Gasteiger charge is 2.32. The van der Waals surface area contributed by atoms with Crippen LogP contribution in [-0.4, -0.2) is 68.9 Å². The lowest BCUT2D eigenvalue weighted by atomic mass is 9.91. The summed E-state index contributed by atoms with van der Waals surface area (Å²) in [5.74, 6) is -0.613. The predicted molar refractivity (Wildman–Crippen MR) is 113 cm³/mol. The number of piperidine rings is 1. The van der Waals surface area contributed by atoms with Crippen LogP contribution in [0.25, 0.3) is 0 Å². The Morgan fingerprint density at radius 1 is 1.00 bits per heavy atom. The maximum atomic E-state index is 12.4. The van der Waals surface area contributed by atoms with Gasteiger partial charge in [0.2, 0.25) is 5.91 Å². The van der Waals surface area contributed by atoms with E-state index in [1.807, 2.05) is 37.3 Å². The van der Waals surface area contributed by atoms with Crippen LogP contribution in [0.3, 0.4) is 0 Å². The molecule has 0 aliphatic carbocycles. The Morgan fingerprint density at radius 2 is 1.68 bits per heavy atom. The van der Waals surface area contributed by atoms with Crippen LogP contribution in [0, 0.1) is 5.92 Å². The summed E-state index contributed by atoms with van der Waals surface area (Å²) in [6.45, 7) is 4.05. The Balaban J connectivity index is 1.46. The summed E-state index contributed by atoms with van der Waals surface area (Å²) in [5.41, 5.74) is 0.946. The van der Waals surface area contributed by atoms with Crippen molar-refractivity contribution in [2.45, 2.75) is 45.3 Å². The molecule has 0 N–H and O–H groups in total. The lowest BCUT2D eigenvalue weighted by molar-refractivity contribution is -0.150. The van der Waals surface area contributed by atoms with E-state index in [2.05, 4.69) is 0 Å². The van der Waals surface area contributed by atoms with Crippen LogP contribution in [0.2, 0.25) is 0 Å². The smallest absolute Gasteiger partial charge is 0.308 e. The number of nitrogens with zero attached hydrogens (tertiary/aromatic N) is 1. The Bertz CT molecular complexity index is 694. The molecular weight excluding hydrogens is 402 g/mol. The molecule has 2 rings (SSSR count). The number of hydrogen-bond acceptors (Lipinski definition) is 7. The Labute approximate surface area is 183 Å². The van der Waals surface area contributed by atoms with Crippen molar-refractivity contribution in [1.82, 2.24) is 4.90 Å². The lowest BCUT2D eigenvalue weighted by Gasteiger charge is -2.36. The summed E-state index contributed by atoms with van der Waals surface area (Å²) in [5, 5.41) is 0. The second-order valence-electron chi connectivity index (χ2n) is 7.55. The second-order valence-corrected chi connectivity index (χ2v) is 7.55. The lowest BCUT2D eigenvalue weighted by Crippen LogP contribution is -2.46. The van der Waals surface area contributed by atoms with Gasteiger partial charge in [-0.1, -0.05) is 30.3 Å². The molecular formula is C23H33NO7. The fraction of sp³-hybridized carbons (Fsp3) is 0.609. The van der Waals surface area contributed by atoms with Crippen LogP contribution < -0.4 is 0 Å². The zero-order valence-corrected chi connectivity index (χ0v) is 18.4. The van der Waals surface area contributed by atoms with Crippen molar-refractivity contribution >= 4 is 17.8 Å². The van der Waals surface area contributed by atoms with Gasteiger partial charge in [0.15, 0.2) is 0 Å². The van der Waals surface area contributed by atoms with Gasteiger partial charge in [-0.25, -0.2) is 0 Å². The number of methoxy groups -OCH3 is 1. The molecule has 172 valence electrons. The predicted octanol–water partition coefficient (Wildman–Crippen LogP) is 2.34. The summed E-state index contributed by atoms with van der Waals surface area (Å²) in [6.07, 6.45) is 1.73. The van der Waals surface area contributed by atoms with Gasteiger partial charge in [0.1, 0.15) is 6.61 Å². The Kier molecular flexibility index (Phi) is 11.0. The van der Waals surface area contributed by atoms with E-state index in [4.69, 9.17) is 18.9 Å². The summed E-state index contributed by atoms with van der Waals surface area (Å²) in [4.78, 5) is 37.5. The third-order valence-corrected chi connectivity index (χ3v) is 5.26. The molecule has 0 radical (unpaired) electrons. The van der Waals surface area contributed by atoms with Crippen LogP contribution >= 0.6 is 0 Å². The number of carbonyl (C=O) groups is 3. The van der Waals surface area contributed by atoms with Crippen molar-refractivity contribution in [2.24, 2.45) is 5.92 Å². The number of carbonyl (C=O) groups excluding carboxylic acids is 3. The van der Waals surface area contributed by atoms with E-state index >= 15 is 0 Å². The molecule has 2 unspecified atom stereocenters. The standard InChI is InChI=1S/C23H33NO7/c1-18-16-20(23(27)28-2)8-11-24(18)21(25)9-12-29-14-15-30-13-10-22(26)31-17-19-6-4-3-5-7-19/h3-7,18,20H,8-17H2,1-2H3. The number of ether oxygens (including phenoxy) is 4. The van der Waals surface area contributed by atoms with E-state index in [0.717, 1.165) is 5.56 Å². The zero-order chi connectivity index (χ0) is 22.5. The maximum Gasteiger partial charge on any atom is 0.308 e. The molecule has 1 fully saturated rings. The molecule has 1 saturated heterocycles. The van der Waals surface area contributed by atoms with Gasteiger partial charge in [0.25, 0.3) is 0 Å². The average Bonchev–Trinajstić information content (AvgIpc) is 2.79. The van der Waals surface area contributed by atoms with Crippen molar-refractivity contribution < 1.29 is 33.3 Å². The SMILES string of the molecule is COC(=O)C1CCN(C(=O)CCOCCOCCC(=O)OCc2ccccc2)C(C)C1. The van der Waals surface area contributed by atoms with Gasteiger partial charge < -0.3 is 23.8 Å². The fourth-order valence-electron chi connectivity index (χ4n) is 3.51. The quantitative estimate of drug-likeness (QED) is 0.368. The van der Waals surface area contributed by atoms with Gasteiger partial charge in [0.05, 0.1) is 52.3 Å². The molecule has 1 aliphatic rings. The van der Waals surface area contributed by atoms with E-state index < -0.39 is 0 Å². The van der Waals surface area contributed by atoms with Crippen molar-refractivity contribution in [3.05, 3.63) is 35.9 Å². The first-order chi connectivity index (χ1) is 15.0. The summed E-state index contributed by atoms with van der Waals surface area (Å²) in [6, 6.07) is 9.51. The topological polar surface area (TPSA) is 91.4 Å². The van der Waals surface area contributed by atoms with Crippen LogP contribution in [0.15, 0.2) is 30.3 Å². The number of amides is 1. The molecule has 1 amide bonds. The van der Waals surface area contributed by atoms with Crippen molar-refractivity contribution in [3.63, 3.8) is 0 Å². The summed E-state index contributed by atoms with van der Waals surface area (Å²) in [7, 11) is 1.39. The normalized spacial score (nSPS) is 18.5. The molecule has 0 aromatic heterocycles. The molecule has 31 heavy (non-hydrogen) atoms. The number of rotatable bonds is 12. The first-order valence-corrected chi connectivity index (χ1v) is 10.7. The largest absolute Gasteiger partial charge is 0.469 e. The van der Waals surface area contributed by atoms with Crippen molar-refractivity contribution in [1.29, 1.82) is 0 Å². The first-order valence-electron chi connectivity index (χ1n) is 10.7.